The van der Waals surface area contributed by atoms with E-state index in [2.05, 4.69) is 23.2 Å². The van der Waals surface area contributed by atoms with Crippen molar-refractivity contribution < 1.29 is 14.0 Å². The highest BCUT2D eigenvalue weighted by Gasteiger charge is 2.30. The van der Waals surface area contributed by atoms with Gasteiger partial charge in [-0.05, 0) is 43.0 Å². The van der Waals surface area contributed by atoms with Crippen LogP contribution in [0.4, 0.5) is 0 Å². The summed E-state index contributed by atoms with van der Waals surface area (Å²) in [6, 6.07) is 17.8. The molecule has 7 nitrogen and oxygen atoms in total. The lowest BCUT2D eigenvalue weighted by molar-refractivity contribution is 0.0683. The molecule has 37 heavy (non-hydrogen) atoms. The Morgan fingerprint density at radius 3 is 2.65 bits per heavy atom. The maximum absolute atomic E-state index is 13.3. The molecule has 2 aliphatic rings. The Hall–Kier alpha value is -3.91. The third kappa shape index (κ3) is 3.92. The van der Waals surface area contributed by atoms with Gasteiger partial charge in [-0.25, -0.2) is 4.98 Å². The number of carbonyl (C=O) groups excluding carboxylic acids is 2. The number of rotatable bonds is 3. The normalized spacial score (nSPS) is 16.4. The number of thiazole rings is 1. The molecule has 0 spiro atoms. The van der Waals surface area contributed by atoms with Crippen LogP contribution < -0.4 is 0 Å². The van der Waals surface area contributed by atoms with Gasteiger partial charge >= 0.3 is 0 Å². The number of nitrogens with zero attached hydrogens (tertiary/aromatic N) is 3. The third-order valence-corrected chi connectivity index (χ3v) is 8.69. The second-order valence-electron chi connectivity index (χ2n) is 9.89. The Bertz CT molecular complexity index is 1610. The Morgan fingerprint density at radius 2 is 1.78 bits per heavy atom. The molecular weight excluding hydrogens is 484 g/mol. The van der Waals surface area contributed by atoms with Crippen LogP contribution >= 0.6 is 11.3 Å². The van der Waals surface area contributed by atoms with Crippen LogP contribution in [0.5, 0.6) is 0 Å². The molecule has 2 amide bonds. The van der Waals surface area contributed by atoms with E-state index >= 15 is 0 Å². The molecule has 1 saturated heterocycles. The summed E-state index contributed by atoms with van der Waals surface area (Å²) in [5.41, 5.74) is 4.83. The van der Waals surface area contributed by atoms with E-state index in [1.165, 1.54) is 10.9 Å². The standard InChI is InChI=1S/C29H26N4O3S/c34-28(33-14-11-21-20-6-2-3-7-22(20)30-23(21)16-33)24-17-37-27(31-24)18-9-12-32(13-10-18)29(35)26-15-19-5-1-4-8-25(19)36-26/h1-8,15,17-18,30H,9-14,16H2. The van der Waals surface area contributed by atoms with E-state index < -0.39 is 0 Å². The fraction of sp³-hybridized carbons (Fsp3) is 0.276. The van der Waals surface area contributed by atoms with Crippen molar-refractivity contribution in [2.45, 2.75) is 31.7 Å². The minimum Gasteiger partial charge on any atom is -0.451 e. The van der Waals surface area contributed by atoms with Crippen LogP contribution in [0, 0.1) is 0 Å². The molecule has 2 aromatic carbocycles. The van der Waals surface area contributed by atoms with Crippen molar-refractivity contribution in [1.29, 1.82) is 0 Å². The summed E-state index contributed by atoms with van der Waals surface area (Å²) in [5, 5.41) is 5.08. The number of para-hydroxylation sites is 2. The lowest BCUT2D eigenvalue weighted by Crippen LogP contribution is -2.38. The highest BCUT2D eigenvalue weighted by atomic mass is 32.1. The lowest BCUT2D eigenvalue weighted by Gasteiger charge is -2.30. The highest BCUT2D eigenvalue weighted by molar-refractivity contribution is 7.09. The average molecular weight is 511 g/mol. The van der Waals surface area contributed by atoms with Crippen LogP contribution in [0.15, 0.2) is 64.4 Å². The number of hydrogen-bond acceptors (Lipinski definition) is 5. The summed E-state index contributed by atoms with van der Waals surface area (Å²) in [7, 11) is 0. The maximum atomic E-state index is 13.3. The van der Waals surface area contributed by atoms with Crippen molar-refractivity contribution >= 4 is 45.0 Å². The van der Waals surface area contributed by atoms with Crippen LogP contribution in [-0.2, 0) is 13.0 Å². The number of aromatic nitrogens is 2. The number of benzene rings is 2. The monoisotopic (exact) mass is 510 g/mol. The van der Waals surface area contributed by atoms with Crippen LogP contribution in [-0.4, -0.2) is 51.2 Å². The summed E-state index contributed by atoms with van der Waals surface area (Å²) in [5.74, 6) is 0.574. The van der Waals surface area contributed by atoms with Crippen molar-refractivity contribution in [2.24, 2.45) is 0 Å². The summed E-state index contributed by atoms with van der Waals surface area (Å²) >= 11 is 1.56. The van der Waals surface area contributed by atoms with E-state index in [0.717, 1.165) is 46.4 Å². The van der Waals surface area contributed by atoms with Gasteiger partial charge in [0.25, 0.3) is 11.8 Å². The molecule has 0 saturated carbocycles. The molecule has 0 radical (unpaired) electrons. The van der Waals surface area contributed by atoms with Gasteiger partial charge in [-0.2, -0.15) is 0 Å². The smallest absolute Gasteiger partial charge is 0.289 e. The number of carbonyl (C=O) groups is 2. The quantitative estimate of drug-likeness (QED) is 0.343. The van der Waals surface area contributed by atoms with E-state index in [0.29, 0.717) is 37.6 Å². The van der Waals surface area contributed by atoms with E-state index in [-0.39, 0.29) is 17.7 Å². The fourth-order valence-electron chi connectivity index (χ4n) is 5.67. The molecule has 5 heterocycles. The third-order valence-electron chi connectivity index (χ3n) is 7.68. The molecule has 2 aliphatic heterocycles. The highest BCUT2D eigenvalue weighted by Crippen LogP contribution is 2.33. The molecule has 1 N–H and O–H groups in total. The molecule has 3 aromatic heterocycles. The van der Waals surface area contributed by atoms with Crippen molar-refractivity contribution in [3.05, 3.63) is 87.7 Å². The molecule has 186 valence electrons. The van der Waals surface area contributed by atoms with Gasteiger partial charge in [0.15, 0.2) is 5.76 Å². The first-order valence-electron chi connectivity index (χ1n) is 12.7. The van der Waals surface area contributed by atoms with Crippen molar-refractivity contribution in [2.75, 3.05) is 19.6 Å². The van der Waals surface area contributed by atoms with Gasteiger partial charge < -0.3 is 19.2 Å². The van der Waals surface area contributed by atoms with Gasteiger partial charge in [0, 0.05) is 52.9 Å². The van der Waals surface area contributed by atoms with Gasteiger partial charge in [0.05, 0.1) is 11.6 Å². The SMILES string of the molecule is O=C(c1csc(C2CCN(C(=O)c3cc4ccccc4o3)CC2)n1)N1CCc2c([nH]c3ccccc23)C1. The van der Waals surface area contributed by atoms with Crippen LogP contribution in [0.1, 0.15) is 56.1 Å². The minimum atomic E-state index is -0.0638. The van der Waals surface area contributed by atoms with Crippen molar-refractivity contribution in [3.63, 3.8) is 0 Å². The molecule has 0 aliphatic carbocycles. The van der Waals surface area contributed by atoms with Gasteiger partial charge in [-0.3, -0.25) is 9.59 Å². The second-order valence-corrected chi connectivity index (χ2v) is 10.8. The fourth-order valence-corrected chi connectivity index (χ4v) is 6.64. The number of aromatic amines is 1. The Balaban J connectivity index is 1.00. The Labute approximate surface area is 217 Å². The van der Waals surface area contributed by atoms with E-state index in [4.69, 9.17) is 9.40 Å². The molecule has 8 heteroatoms. The first kappa shape index (κ1) is 22.3. The van der Waals surface area contributed by atoms with Crippen LogP contribution in [0.25, 0.3) is 21.9 Å². The predicted molar refractivity (Wildman–Crippen MR) is 143 cm³/mol. The van der Waals surface area contributed by atoms with Crippen LogP contribution in [0.2, 0.25) is 0 Å². The number of fused-ring (bicyclic) bond motifs is 4. The second kappa shape index (κ2) is 8.88. The number of likely N-dealkylation sites (tertiary alicyclic amines) is 1. The largest absolute Gasteiger partial charge is 0.451 e. The van der Waals surface area contributed by atoms with E-state index in [1.807, 2.05) is 51.6 Å². The predicted octanol–water partition coefficient (Wildman–Crippen LogP) is 5.59. The number of nitrogens with one attached hydrogen (secondary N) is 1. The summed E-state index contributed by atoms with van der Waals surface area (Å²) in [4.78, 5) is 38.3. The first-order valence-corrected chi connectivity index (χ1v) is 13.6. The van der Waals surface area contributed by atoms with Gasteiger partial charge in [-0.1, -0.05) is 36.4 Å². The van der Waals surface area contributed by atoms with E-state index in [9.17, 15) is 9.59 Å². The van der Waals surface area contributed by atoms with Crippen LogP contribution in [0.3, 0.4) is 0 Å². The zero-order chi connectivity index (χ0) is 24.9. The summed E-state index contributed by atoms with van der Waals surface area (Å²) < 4.78 is 5.78. The van der Waals surface area contributed by atoms with Gasteiger partial charge in [0.1, 0.15) is 11.3 Å². The van der Waals surface area contributed by atoms with Gasteiger partial charge in [-0.15, -0.1) is 11.3 Å². The molecular formula is C29H26N4O3S. The lowest BCUT2D eigenvalue weighted by atomic mass is 9.97. The topological polar surface area (TPSA) is 82.4 Å². The molecule has 5 aromatic rings. The molecule has 1 fully saturated rings. The maximum Gasteiger partial charge on any atom is 0.289 e. The average Bonchev–Trinajstić information content (AvgIpc) is 3.68. The molecule has 0 unspecified atom stereocenters. The number of hydrogen-bond donors (Lipinski definition) is 1. The van der Waals surface area contributed by atoms with Crippen molar-refractivity contribution in [1.82, 2.24) is 19.8 Å². The minimum absolute atomic E-state index is 0.00990. The van der Waals surface area contributed by atoms with Gasteiger partial charge in [0.2, 0.25) is 0 Å². The van der Waals surface area contributed by atoms with E-state index in [1.54, 1.807) is 11.3 Å². The van der Waals surface area contributed by atoms with Crippen molar-refractivity contribution in [3.8, 4) is 0 Å². The molecule has 7 rings (SSSR count). The number of furan rings is 1. The zero-order valence-corrected chi connectivity index (χ0v) is 21.1. The Kier molecular flexibility index (Phi) is 5.35. The molecule has 0 atom stereocenters. The number of piperidine rings is 1. The number of H-pyrrole nitrogens is 1. The summed E-state index contributed by atoms with van der Waals surface area (Å²) in [6.07, 6.45) is 2.50. The Morgan fingerprint density at radius 1 is 0.973 bits per heavy atom. The summed E-state index contributed by atoms with van der Waals surface area (Å²) in [6.45, 7) is 2.58. The first-order chi connectivity index (χ1) is 18.1. The molecule has 0 bridgehead atoms. The zero-order valence-electron chi connectivity index (χ0n) is 20.3. The number of amides is 2.